The summed E-state index contributed by atoms with van der Waals surface area (Å²) in [6.07, 6.45) is 15.3. The van der Waals surface area contributed by atoms with Crippen LogP contribution in [0.1, 0.15) is 38.1 Å². The molecule has 2 heterocycles. The van der Waals surface area contributed by atoms with Gasteiger partial charge in [-0.2, -0.15) is 4.57 Å². The van der Waals surface area contributed by atoms with Gasteiger partial charge in [0.25, 0.3) is 5.01 Å². The van der Waals surface area contributed by atoms with E-state index in [0.717, 1.165) is 25.9 Å². The Morgan fingerprint density at radius 3 is 2.42 bits per heavy atom. The zero-order valence-corrected chi connectivity index (χ0v) is 24.7. The van der Waals surface area contributed by atoms with Gasteiger partial charge in [-0.15, -0.1) is 0 Å². The highest BCUT2D eigenvalue weighted by atomic mass is 32.2. The van der Waals surface area contributed by atoms with Gasteiger partial charge in [0.05, 0.1) is 16.1 Å². The van der Waals surface area contributed by atoms with Crippen LogP contribution in [0.4, 0.5) is 5.69 Å². The zero-order valence-electron chi connectivity index (χ0n) is 23.1. The van der Waals surface area contributed by atoms with Gasteiger partial charge in [-0.05, 0) is 79.3 Å². The Morgan fingerprint density at radius 1 is 0.825 bits per heavy atom. The monoisotopic (exact) mass is 557 g/mol. The summed E-state index contributed by atoms with van der Waals surface area (Å²) < 4.78 is 3.83. The van der Waals surface area contributed by atoms with Crippen LogP contribution >= 0.6 is 23.1 Å². The molecule has 5 aromatic rings. The number of rotatable bonds is 5. The number of thioether (sulfide) groups is 1. The van der Waals surface area contributed by atoms with E-state index in [1.54, 1.807) is 0 Å². The number of allylic oxidation sites excluding steroid dienone is 6. The first-order valence-corrected chi connectivity index (χ1v) is 16.0. The average molecular weight is 558 g/mol. The van der Waals surface area contributed by atoms with Gasteiger partial charge in [0.1, 0.15) is 11.2 Å². The van der Waals surface area contributed by atoms with Gasteiger partial charge >= 0.3 is 0 Å². The quantitative estimate of drug-likeness (QED) is 0.199. The molecule has 1 aliphatic heterocycles. The maximum absolute atomic E-state index is 2.47. The highest BCUT2D eigenvalue weighted by Crippen LogP contribution is 2.49. The molecule has 1 aliphatic carbocycles. The standard InChI is InChI=1S/C36H33N2S2/c1-3-37-33(39-31-20-18-27-12-5-7-14-29(27)35(31)37)22-16-25-10-9-11-26(24-25)17-23-34-38(4-2)36-30-15-8-6-13-28(30)19-21-32(36)40-34/h5-8,12-24H,3-4,9-11H2,1-2H3/q+1. The smallest absolute Gasteiger partial charge is 0.262 e. The molecular weight excluding hydrogens is 525 g/mol. The fourth-order valence-electron chi connectivity index (χ4n) is 6.12. The van der Waals surface area contributed by atoms with Crippen molar-refractivity contribution in [2.24, 2.45) is 0 Å². The van der Waals surface area contributed by atoms with Gasteiger partial charge in [-0.1, -0.05) is 95.9 Å². The summed E-state index contributed by atoms with van der Waals surface area (Å²) in [5, 5.41) is 7.94. The third kappa shape index (κ3) is 4.49. The van der Waals surface area contributed by atoms with Crippen LogP contribution in [-0.2, 0) is 6.54 Å². The van der Waals surface area contributed by atoms with Crippen molar-refractivity contribution < 1.29 is 4.57 Å². The number of hydrogen-bond acceptors (Lipinski definition) is 3. The summed E-state index contributed by atoms with van der Waals surface area (Å²) in [6.45, 7) is 6.44. The fourth-order valence-corrected chi connectivity index (χ4v) is 8.41. The number of aryl methyl sites for hydroxylation is 1. The highest BCUT2D eigenvalue weighted by molar-refractivity contribution is 8.03. The first-order valence-electron chi connectivity index (χ1n) is 14.3. The van der Waals surface area contributed by atoms with E-state index in [-0.39, 0.29) is 0 Å². The van der Waals surface area contributed by atoms with Crippen molar-refractivity contribution in [2.45, 2.75) is 44.6 Å². The van der Waals surface area contributed by atoms with Crippen molar-refractivity contribution in [1.82, 2.24) is 0 Å². The maximum atomic E-state index is 2.47. The van der Waals surface area contributed by atoms with E-state index < -0.39 is 0 Å². The summed E-state index contributed by atoms with van der Waals surface area (Å²) in [4.78, 5) is 3.83. The Balaban J connectivity index is 1.18. The Labute approximate surface area is 244 Å². The van der Waals surface area contributed by atoms with Crippen LogP contribution in [-0.4, -0.2) is 6.54 Å². The molecule has 0 radical (unpaired) electrons. The molecule has 0 N–H and O–H groups in total. The lowest BCUT2D eigenvalue weighted by Crippen LogP contribution is -2.33. The van der Waals surface area contributed by atoms with Gasteiger partial charge in [0, 0.05) is 22.9 Å². The number of nitrogens with zero attached hydrogens (tertiary/aromatic N) is 2. The number of fused-ring (bicyclic) bond motifs is 6. The molecule has 2 aliphatic rings. The fraction of sp³-hybridized carbons (Fsp3) is 0.194. The largest absolute Gasteiger partial charge is 0.335 e. The Morgan fingerprint density at radius 2 is 1.60 bits per heavy atom. The molecule has 0 unspecified atom stereocenters. The minimum atomic E-state index is 0.967. The lowest BCUT2D eigenvalue weighted by atomic mass is 9.94. The van der Waals surface area contributed by atoms with Crippen molar-refractivity contribution in [3.8, 4) is 0 Å². The number of anilines is 1. The van der Waals surface area contributed by atoms with E-state index in [1.807, 2.05) is 23.1 Å². The van der Waals surface area contributed by atoms with Crippen LogP contribution < -0.4 is 9.47 Å². The lowest BCUT2D eigenvalue weighted by Gasteiger charge is -2.19. The molecule has 0 fully saturated rings. The second-order valence-electron chi connectivity index (χ2n) is 10.5. The van der Waals surface area contributed by atoms with E-state index in [9.17, 15) is 0 Å². The number of thiazole rings is 1. The minimum Gasteiger partial charge on any atom is -0.335 e. The minimum absolute atomic E-state index is 0.967. The summed E-state index contributed by atoms with van der Waals surface area (Å²) in [6, 6.07) is 26.5. The summed E-state index contributed by atoms with van der Waals surface area (Å²) in [7, 11) is 0. The maximum Gasteiger partial charge on any atom is 0.262 e. The Bertz CT molecular complexity index is 1890. The molecule has 0 atom stereocenters. The molecule has 0 saturated heterocycles. The van der Waals surface area contributed by atoms with Crippen molar-refractivity contribution in [3.05, 3.63) is 118 Å². The topological polar surface area (TPSA) is 7.12 Å². The van der Waals surface area contributed by atoms with Gasteiger partial charge in [0.2, 0.25) is 5.52 Å². The second-order valence-corrected chi connectivity index (χ2v) is 12.6. The molecule has 198 valence electrons. The lowest BCUT2D eigenvalue weighted by molar-refractivity contribution is -0.664. The predicted octanol–water partition coefficient (Wildman–Crippen LogP) is 10.0. The Hall–Kier alpha value is -3.60. The van der Waals surface area contributed by atoms with Crippen molar-refractivity contribution in [1.29, 1.82) is 0 Å². The third-order valence-corrected chi connectivity index (χ3v) is 10.3. The summed E-state index contributed by atoms with van der Waals surface area (Å²) in [5.74, 6) is 0. The van der Waals surface area contributed by atoms with Crippen LogP contribution in [0, 0.1) is 0 Å². The number of hydrogen-bond donors (Lipinski definition) is 0. The molecule has 4 heteroatoms. The highest BCUT2D eigenvalue weighted by Gasteiger charge is 2.25. The van der Waals surface area contributed by atoms with E-state index in [4.69, 9.17) is 0 Å². The number of benzene rings is 4. The Kier molecular flexibility index (Phi) is 6.82. The van der Waals surface area contributed by atoms with Crippen molar-refractivity contribution >= 4 is 66.6 Å². The molecule has 0 saturated carbocycles. The molecule has 0 spiro atoms. The van der Waals surface area contributed by atoms with E-state index in [1.165, 1.54) is 69.9 Å². The molecule has 4 aromatic carbocycles. The van der Waals surface area contributed by atoms with Crippen LogP contribution in [0.25, 0.3) is 37.8 Å². The molecule has 2 nitrogen and oxygen atoms in total. The summed E-state index contributed by atoms with van der Waals surface area (Å²) >= 11 is 3.79. The molecule has 1 aromatic heterocycles. The van der Waals surface area contributed by atoms with Gasteiger partial charge in [-0.3, -0.25) is 0 Å². The van der Waals surface area contributed by atoms with Gasteiger partial charge in [-0.25, -0.2) is 0 Å². The van der Waals surface area contributed by atoms with Gasteiger partial charge in [0.15, 0.2) is 0 Å². The van der Waals surface area contributed by atoms with Crippen LogP contribution in [0.2, 0.25) is 0 Å². The van der Waals surface area contributed by atoms with E-state index in [2.05, 4.69) is 126 Å². The normalized spacial score (nSPS) is 17.6. The molecule has 7 rings (SSSR count). The molecule has 0 bridgehead atoms. The molecule has 40 heavy (non-hydrogen) atoms. The van der Waals surface area contributed by atoms with Crippen LogP contribution in [0.5, 0.6) is 0 Å². The van der Waals surface area contributed by atoms with Crippen molar-refractivity contribution in [3.63, 3.8) is 0 Å². The van der Waals surface area contributed by atoms with Gasteiger partial charge < -0.3 is 4.90 Å². The van der Waals surface area contributed by atoms with E-state index in [0.29, 0.717) is 0 Å². The van der Waals surface area contributed by atoms with Crippen LogP contribution in [0.3, 0.4) is 0 Å². The molecular formula is C36H33N2S2+. The van der Waals surface area contributed by atoms with Crippen LogP contribution in [0.15, 0.2) is 118 Å². The molecule has 0 amide bonds. The summed E-state index contributed by atoms with van der Waals surface area (Å²) in [5.41, 5.74) is 5.56. The number of aromatic nitrogens is 1. The second kappa shape index (κ2) is 10.8. The first-order chi connectivity index (χ1) is 19.7. The first kappa shape index (κ1) is 25.4. The third-order valence-electron chi connectivity index (χ3n) is 8.04. The average Bonchev–Trinajstić information content (AvgIpc) is 3.57. The SMILES string of the molecule is CCN1/C(=C/C=C2C=C(/C=C/c3sc4ccc5ccccc5c4[n+]3CC)CCC/2)Sc2ccc3ccccc3c21. The van der Waals surface area contributed by atoms with E-state index >= 15 is 0 Å². The predicted molar refractivity (Wildman–Crippen MR) is 175 cm³/mol. The van der Waals surface area contributed by atoms with Crippen molar-refractivity contribution in [2.75, 3.05) is 11.4 Å². The zero-order chi connectivity index (χ0) is 27.1.